The van der Waals surface area contributed by atoms with Crippen LogP contribution in [-0.2, 0) is 6.54 Å². The third-order valence-corrected chi connectivity index (χ3v) is 5.63. The average Bonchev–Trinajstić information content (AvgIpc) is 3.35. The van der Waals surface area contributed by atoms with Crippen LogP contribution in [0.15, 0.2) is 30.6 Å². The zero-order valence-electron chi connectivity index (χ0n) is 16.4. The van der Waals surface area contributed by atoms with Crippen molar-refractivity contribution in [3.05, 3.63) is 47.3 Å². The van der Waals surface area contributed by atoms with Crippen molar-refractivity contribution in [2.24, 2.45) is 0 Å². The summed E-state index contributed by atoms with van der Waals surface area (Å²) in [6.45, 7) is 10.7. The first-order valence-electron chi connectivity index (χ1n) is 9.97. The van der Waals surface area contributed by atoms with Crippen molar-refractivity contribution in [2.45, 2.75) is 33.2 Å². The molecule has 0 radical (unpaired) electrons. The second kappa shape index (κ2) is 7.72. The smallest absolute Gasteiger partial charge is 0.344 e. The van der Waals surface area contributed by atoms with Crippen LogP contribution in [0, 0.1) is 13.8 Å². The summed E-state index contributed by atoms with van der Waals surface area (Å²) in [5.74, 6) is 0. The molecule has 1 aromatic heterocycles. The van der Waals surface area contributed by atoms with Crippen LogP contribution in [-0.4, -0.2) is 64.9 Å². The lowest BCUT2D eigenvalue weighted by atomic mass is 10.1. The van der Waals surface area contributed by atoms with E-state index in [2.05, 4.69) is 40.0 Å². The molecular formula is C21H29N5O. The van der Waals surface area contributed by atoms with E-state index in [0.29, 0.717) is 0 Å². The molecule has 0 aliphatic carbocycles. The van der Waals surface area contributed by atoms with E-state index in [1.165, 1.54) is 47.4 Å². The van der Waals surface area contributed by atoms with Gasteiger partial charge in [-0.3, -0.25) is 4.90 Å². The number of hydrogen-bond acceptors (Lipinski definition) is 4. The van der Waals surface area contributed by atoms with Crippen LogP contribution in [0.25, 0.3) is 0 Å². The van der Waals surface area contributed by atoms with Crippen LogP contribution in [0.3, 0.4) is 0 Å². The van der Waals surface area contributed by atoms with Gasteiger partial charge in [-0.1, -0.05) is 12.1 Å². The largest absolute Gasteiger partial charge is 0.371 e. The third-order valence-electron chi connectivity index (χ3n) is 5.63. The minimum absolute atomic E-state index is 0.0177. The highest BCUT2D eigenvalue weighted by molar-refractivity contribution is 5.76. The molecule has 27 heavy (non-hydrogen) atoms. The molecule has 1 aromatic carbocycles. The van der Waals surface area contributed by atoms with E-state index < -0.39 is 0 Å². The van der Waals surface area contributed by atoms with E-state index in [9.17, 15) is 4.79 Å². The predicted molar refractivity (Wildman–Crippen MR) is 107 cm³/mol. The van der Waals surface area contributed by atoms with Gasteiger partial charge in [-0.2, -0.15) is 9.78 Å². The number of carbonyl (C=O) groups excluding carboxylic acids is 1. The van der Waals surface area contributed by atoms with Gasteiger partial charge in [0.2, 0.25) is 0 Å². The maximum atomic E-state index is 12.5. The lowest BCUT2D eigenvalue weighted by Gasteiger charge is -2.35. The molecule has 2 fully saturated rings. The molecule has 0 bridgehead atoms. The van der Waals surface area contributed by atoms with Gasteiger partial charge in [0.05, 0.1) is 6.20 Å². The Hall–Kier alpha value is -2.34. The number of rotatable bonds is 3. The molecule has 0 N–H and O–H groups in total. The Morgan fingerprint density at radius 3 is 2.41 bits per heavy atom. The van der Waals surface area contributed by atoms with Crippen molar-refractivity contribution < 1.29 is 4.79 Å². The molecular weight excluding hydrogens is 338 g/mol. The van der Waals surface area contributed by atoms with Crippen molar-refractivity contribution in [3.8, 4) is 0 Å². The summed E-state index contributed by atoms with van der Waals surface area (Å²) < 4.78 is 1.45. The zero-order chi connectivity index (χ0) is 18.8. The highest BCUT2D eigenvalue weighted by Crippen LogP contribution is 2.27. The Morgan fingerprint density at radius 1 is 1.00 bits per heavy atom. The van der Waals surface area contributed by atoms with Crippen molar-refractivity contribution in [1.29, 1.82) is 0 Å². The van der Waals surface area contributed by atoms with Crippen molar-refractivity contribution in [3.63, 3.8) is 0 Å². The van der Waals surface area contributed by atoms with Crippen LogP contribution in [0.1, 0.15) is 29.5 Å². The van der Waals surface area contributed by atoms with Crippen molar-refractivity contribution in [2.75, 3.05) is 44.2 Å². The predicted octanol–water partition coefficient (Wildman–Crippen LogP) is 2.89. The van der Waals surface area contributed by atoms with Crippen LogP contribution < -0.4 is 4.90 Å². The highest BCUT2D eigenvalue weighted by atomic mass is 16.2. The summed E-state index contributed by atoms with van der Waals surface area (Å²) in [7, 11) is 0. The normalized spacial score (nSPS) is 18.3. The molecule has 6 heteroatoms. The van der Waals surface area contributed by atoms with Crippen LogP contribution in [0.5, 0.6) is 0 Å². The van der Waals surface area contributed by atoms with E-state index >= 15 is 0 Å². The summed E-state index contributed by atoms with van der Waals surface area (Å²) >= 11 is 0. The maximum Gasteiger partial charge on any atom is 0.344 e. The monoisotopic (exact) mass is 367 g/mol. The van der Waals surface area contributed by atoms with E-state index in [0.717, 1.165) is 38.3 Å². The first kappa shape index (κ1) is 18.0. The molecule has 4 rings (SSSR count). The lowest BCUT2D eigenvalue weighted by molar-refractivity contribution is 0.134. The molecule has 2 aromatic rings. The molecule has 0 unspecified atom stereocenters. The number of amides is 1. The summed E-state index contributed by atoms with van der Waals surface area (Å²) in [5, 5.41) is 4.15. The van der Waals surface area contributed by atoms with Crippen LogP contribution in [0.4, 0.5) is 10.5 Å². The van der Waals surface area contributed by atoms with E-state index in [-0.39, 0.29) is 6.03 Å². The maximum absolute atomic E-state index is 12.5. The number of hydrogen-bond donors (Lipinski definition) is 0. The van der Waals surface area contributed by atoms with Gasteiger partial charge >= 0.3 is 6.03 Å². The number of nitrogens with zero attached hydrogens (tertiary/aromatic N) is 5. The van der Waals surface area contributed by atoms with E-state index in [4.69, 9.17) is 0 Å². The second-order valence-corrected chi connectivity index (χ2v) is 7.83. The SMILES string of the molecule is Cc1ccc(CN2CCN(C(=O)n3cc(C)cn3)CC2)c(N2CCCC2)c1. The molecule has 144 valence electrons. The van der Waals surface area contributed by atoms with Gasteiger partial charge in [-0.15, -0.1) is 0 Å². The highest BCUT2D eigenvalue weighted by Gasteiger charge is 2.24. The van der Waals surface area contributed by atoms with Gasteiger partial charge in [0.1, 0.15) is 0 Å². The molecule has 3 heterocycles. The molecule has 2 aliphatic heterocycles. The third kappa shape index (κ3) is 4.00. The number of aryl methyl sites for hydroxylation is 2. The second-order valence-electron chi connectivity index (χ2n) is 7.83. The number of aromatic nitrogens is 2. The average molecular weight is 367 g/mol. The molecule has 1 amide bonds. The molecule has 2 aliphatic rings. The molecule has 0 spiro atoms. The van der Waals surface area contributed by atoms with Gasteiger partial charge in [0.25, 0.3) is 0 Å². The Labute approximate surface area is 161 Å². The number of piperazine rings is 1. The Bertz CT molecular complexity index is 801. The standard InChI is InChI=1S/C21H29N5O/c1-17-5-6-19(20(13-17)24-7-3-4-8-24)16-23-9-11-25(12-10-23)21(27)26-15-18(2)14-22-26/h5-6,13-15H,3-4,7-12,16H2,1-2H3. The minimum Gasteiger partial charge on any atom is -0.371 e. The zero-order valence-corrected chi connectivity index (χ0v) is 16.4. The van der Waals surface area contributed by atoms with Crippen LogP contribution >= 0.6 is 0 Å². The molecule has 0 atom stereocenters. The van der Waals surface area contributed by atoms with Gasteiger partial charge < -0.3 is 9.80 Å². The van der Waals surface area contributed by atoms with E-state index in [1.807, 2.05) is 11.8 Å². The summed E-state index contributed by atoms with van der Waals surface area (Å²) in [4.78, 5) is 19.4. The van der Waals surface area contributed by atoms with Crippen molar-refractivity contribution in [1.82, 2.24) is 19.6 Å². The fourth-order valence-electron chi connectivity index (χ4n) is 4.06. The Morgan fingerprint density at radius 2 is 1.74 bits per heavy atom. The summed E-state index contributed by atoms with van der Waals surface area (Å²) in [6.07, 6.45) is 6.11. The van der Waals surface area contributed by atoms with Gasteiger partial charge in [0, 0.05) is 57.7 Å². The summed E-state index contributed by atoms with van der Waals surface area (Å²) in [6, 6.07) is 6.82. The molecule has 0 saturated carbocycles. The van der Waals surface area contributed by atoms with E-state index in [1.54, 1.807) is 12.4 Å². The molecule has 2 saturated heterocycles. The first-order chi connectivity index (χ1) is 13.1. The summed E-state index contributed by atoms with van der Waals surface area (Å²) in [5.41, 5.74) is 5.14. The molecule has 6 nitrogen and oxygen atoms in total. The number of anilines is 1. The number of benzene rings is 1. The fraction of sp³-hybridized carbons (Fsp3) is 0.524. The van der Waals surface area contributed by atoms with Crippen molar-refractivity contribution >= 4 is 11.7 Å². The minimum atomic E-state index is -0.0177. The first-order valence-corrected chi connectivity index (χ1v) is 9.97. The fourth-order valence-corrected chi connectivity index (χ4v) is 4.06. The Kier molecular flexibility index (Phi) is 5.16. The van der Waals surface area contributed by atoms with Gasteiger partial charge in [-0.05, 0) is 49.4 Å². The number of carbonyl (C=O) groups is 1. The Balaban J connectivity index is 1.39. The topological polar surface area (TPSA) is 44.6 Å². The lowest BCUT2D eigenvalue weighted by Crippen LogP contribution is -2.49. The van der Waals surface area contributed by atoms with Gasteiger partial charge in [0.15, 0.2) is 0 Å². The quantitative estimate of drug-likeness (QED) is 0.837. The van der Waals surface area contributed by atoms with Crippen LogP contribution in [0.2, 0.25) is 0 Å². The van der Waals surface area contributed by atoms with Gasteiger partial charge in [-0.25, -0.2) is 4.79 Å².